The number of furan rings is 1. The molecule has 1 N–H and O–H groups in total. The molecule has 0 saturated carbocycles. The van der Waals surface area contributed by atoms with E-state index in [4.69, 9.17) is 9.15 Å². The maximum absolute atomic E-state index is 13.1. The van der Waals surface area contributed by atoms with Gasteiger partial charge in [0.25, 0.3) is 11.7 Å². The van der Waals surface area contributed by atoms with E-state index in [1.165, 1.54) is 24.3 Å². The van der Waals surface area contributed by atoms with Crippen molar-refractivity contribution in [3.05, 3.63) is 95.0 Å². The van der Waals surface area contributed by atoms with Gasteiger partial charge in [0.1, 0.15) is 17.6 Å². The Morgan fingerprint density at radius 3 is 2.44 bits per heavy atom. The van der Waals surface area contributed by atoms with Gasteiger partial charge >= 0.3 is 5.97 Å². The normalized spacial score (nSPS) is 17.6. The van der Waals surface area contributed by atoms with Crippen molar-refractivity contribution in [2.45, 2.75) is 19.4 Å². The summed E-state index contributed by atoms with van der Waals surface area (Å²) in [7, 11) is 1.26. The number of hydrogen-bond donors (Lipinski definition) is 1. The fourth-order valence-corrected chi connectivity index (χ4v) is 3.77. The van der Waals surface area contributed by atoms with Crippen LogP contribution in [-0.2, 0) is 20.7 Å². The van der Waals surface area contributed by atoms with Gasteiger partial charge in [-0.25, -0.2) is 4.79 Å². The minimum Gasteiger partial charge on any atom is -0.507 e. The van der Waals surface area contributed by atoms with Crippen LogP contribution in [0.2, 0.25) is 0 Å². The van der Waals surface area contributed by atoms with Gasteiger partial charge in [0.15, 0.2) is 0 Å². The molecule has 32 heavy (non-hydrogen) atoms. The lowest BCUT2D eigenvalue weighted by molar-refractivity contribution is -0.132. The molecule has 1 amide bonds. The molecule has 0 radical (unpaired) electrons. The first-order valence-electron chi connectivity index (χ1n) is 10.1. The Hall–Kier alpha value is -4.13. The molecular weight excluding hydrogens is 410 g/mol. The summed E-state index contributed by atoms with van der Waals surface area (Å²) in [5, 5.41) is 11.1. The van der Waals surface area contributed by atoms with Crippen molar-refractivity contribution in [3.63, 3.8) is 0 Å². The second-order valence-corrected chi connectivity index (χ2v) is 7.28. The van der Waals surface area contributed by atoms with Crippen LogP contribution in [0.3, 0.4) is 0 Å². The Bertz CT molecular complexity index is 1210. The van der Waals surface area contributed by atoms with E-state index in [-0.39, 0.29) is 16.9 Å². The molecule has 1 fully saturated rings. The lowest BCUT2D eigenvalue weighted by atomic mass is 9.98. The number of carbonyl (C=O) groups is 3. The van der Waals surface area contributed by atoms with E-state index in [2.05, 4.69) is 0 Å². The van der Waals surface area contributed by atoms with E-state index in [1.807, 2.05) is 19.1 Å². The minimum absolute atomic E-state index is 0.0855. The second kappa shape index (κ2) is 8.55. The van der Waals surface area contributed by atoms with Gasteiger partial charge in [-0.3, -0.25) is 14.5 Å². The van der Waals surface area contributed by atoms with Gasteiger partial charge in [0, 0.05) is 11.3 Å². The molecule has 4 rings (SSSR count). The largest absolute Gasteiger partial charge is 0.507 e. The molecule has 2 aromatic carbocycles. The van der Waals surface area contributed by atoms with Crippen LogP contribution < -0.4 is 4.90 Å². The molecule has 1 saturated heterocycles. The Morgan fingerprint density at radius 1 is 1.06 bits per heavy atom. The number of ether oxygens (including phenoxy) is 1. The standard InChI is InChI=1S/C25H21NO6/c1-3-15-9-11-16(12-10-15)22(27)20-21(19-8-5-13-32-19)26(24(29)23(20)28)18-7-4-6-17(14-18)25(30)31-2/h4-14,21,27H,3H2,1-2H3/b22-20-. The van der Waals surface area contributed by atoms with Crippen LogP contribution in [0.15, 0.2) is 76.9 Å². The van der Waals surface area contributed by atoms with Gasteiger partial charge in [-0.1, -0.05) is 37.3 Å². The molecule has 0 bridgehead atoms. The van der Waals surface area contributed by atoms with Crippen LogP contribution in [0.25, 0.3) is 5.76 Å². The molecule has 7 nitrogen and oxygen atoms in total. The number of aryl methyl sites for hydroxylation is 1. The van der Waals surface area contributed by atoms with Crippen molar-refractivity contribution in [2.75, 3.05) is 12.0 Å². The molecular formula is C25H21NO6. The number of benzene rings is 2. The highest BCUT2D eigenvalue weighted by atomic mass is 16.5. The molecule has 3 aromatic rings. The van der Waals surface area contributed by atoms with Crippen LogP contribution >= 0.6 is 0 Å². The predicted octanol–water partition coefficient (Wildman–Crippen LogP) is 4.25. The molecule has 162 valence electrons. The first kappa shape index (κ1) is 21.1. The maximum atomic E-state index is 13.1. The number of anilines is 1. The number of nitrogens with zero attached hydrogens (tertiary/aromatic N) is 1. The van der Waals surface area contributed by atoms with Gasteiger partial charge in [-0.05, 0) is 42.3 Å². The fraction of sp³-hybridized carbons (Fsp3) is 0.160. The van der Waals surface area contributed by atoms with E-state index in [0.29, 0.717) is 17.0 Å². The fourth-order valence-electron chi connectivity index (χ4n) is 3.77. The predicted molar refractivity (Wildman–Crippen MR) is 117 cm³/mol. The van der Waals surface area contributed by atoms with Crippen LogP contribution in [0.5, 0.6) is 0 Å². The zero-order valence-electron chi connectivity index (χ0n) is 17.6. The summed E-state index contributed by atoms with van der Waals surface area (Å²) >= 11 is 0. The number of aliphatic hydroxyl groups is 1. The summed E-state index contributed by atoms with van der Waals surface area (Å²) in [6, 6.07) is 15.6. The zero-order valence-corrected chi connectivity index (χ0v) is 17.6. The summed E-state index contributed by atoms with van der Waals surface area (Å²) in [5.74, 6) is -2.24. The molecule has 1 aliphatic rings. The number of hydrogen-bond acceptors (Lipinski definition) is 6. The number of esters is 1. The average Bonchev–Trinajstić information content (AvgIpc) is 3.45. The van der Waals surface area contributed by atoms with Gasteiger partial charge in [-0.2, -0.15) is 0 Å². The van der Waals surface area contributed by atoms with Crippen molar-refractivity contribution in [1.29, 1.82) is 0 Å². The maximum Gasteiger partial charge on any atom is 0.337 e. The van der Waals surface area contributed by atoms with Gasteiger partial charge in [0.2, 0.25) is 0 Å². The number of methoxy groups -OCH3 is 1. The van der Waals surface area contributed by atoms with E-state index in [1.54, 1.807) is 42.5 Å². The lowest BCUT2D eigenvalue weighted by Gasteiger charge is -2.23. The SMILES string of the molecule is CCc1ccc(/C(O)=C2/C(=O)C(=O)N(c3cccc(C(=O)OC)c3)C2c2ccco2)cc1. The van der Waals surface area contributed by atoms with E-state index in [0.717, 1.165) is 12.0 Å². The third-order valence-corrected chi connectivity index (χ3v) is 5.44. The van der Waals surface area contributed by atoms with Gasteiger partial charge in [-0.15, -0.1) is 0 Å². The van der Waals surface area contributed by atoms with Crippen LogP contribution in [-0.4, -0.2) is 29.9 Å². The molecule has 1 aromatic heterocycles. The Labute approximate surface area is 184 Å². The van der Waals surface area contributed by atoms with Crippen molar-refractivity contribution in [3.8, 4) is 0 Å². The monoisotopic (exact) mass is 431 g/mol. The first-order chi connectivity index (χ1) is 15.5. The Kier molecular flexibility index (Phi) is 5.64. The molecule has 0 aliphatic carbocycles. The highest BCUT2D eigenvalue weighted by Crippen LogP contribution is 2.42. The zero-order chi connectivity index (χ0) is 22.8. The van der Waals surface area contributed by atoms with Gasteiger partial charge in [0.05, 0.1) is 24.5 Å². The van der Waals surface area contributed by atoms with Crippen molar-refractivity contribution in [2.24, 2.45) is 0 Å². The number of Topliss-reactive ketones (excluding diaryl/α,β-unsaturated/α-hetero) is 1. The van der Waals surface area contributed by atoms with Crippen LogP contribution in [0.1, 0.15) is 40.2 Å². The minimum atomic E-state index is -0.997. The molecule has 2 heterocycles. The summed E-state index contributed by atoms with van der Waals surface area (Å²) in [6.45, 7) is 2.01. The van der Waals surface area contributed by atoms with Crippen molar-refractivity contribution >= 4 is 29.1 Å². The number of carbonyl (C=O) groups excluding carboxylic acids is 3. The first-order valence-corrected chi connectivity index (χ1v) is 10.1. The Balaban J connectivity index is 1.88. The average molecular weight is 431 g/mol. The smallest absolute Gasteiger partial charge is 0.337 e. The Morgan fingerprint density at radius 2 is 1.81 bits per heavy atom. The van der Waals surface area contributed by atoms with E-state index < -0.39 is 23.7 Å². The topological polar surface area (TPSA) is 97.1 Å². The molecule has 1 unspecified atom stereocenters. The van der Waals surface area contributed by atoms with Crippen LogP contribution in [0, 0.1) is 0 Å². The summed E-state index contributed by atoms with van der Waals surface area (Å²) in [6.07, 6.45) is 2.25. The highest BCUT2D eigenvalue weighted by molar-refractivity contribution is 6.51. The van der Waals surface area contributed by atoms with E-state index >= 15 is 0 Å². The third-order valence-electron chi connectivity index (χ3n) is 5.44. The summed E-state index contributed by atoms with van der Waals surface area (Å²) < 4.78 is 10.3. The quantitative estimate of drug-likeness (QED) is 0.281. The summed E-state index contributed by atoms with van der Waals surface area (Å²) in [5.41, 5.74) is 1.93. The molecule has 0 spiro atoms. The van der Waals surface area contributed by atoms with Gasteiger partial charge < -0.3 is 14.3 Å². The summed E-state index contributed by atoms with van der Waals surface area (Å²) in [4.78, 5) is 39.4. The third kappa shape index (κ3) is 3.58. The number of aliphatic hydroxyl groups excluding tert-OH is 1. The second-order valence-electron chi connectivity index (χ2n) is 7.28. The molecule has 7 heteroatoms. The number of rotatable bonds is 5. The number of amides is 1. The lowest BCUT2D eigenvalue weighted by Crippen LogP contribution is -2.29. The van der Waals surface area contributed by atoms with Crippen molar-refractivity contribution < 1.29 is 28.6 Å². The van der Waals surface area contributed by atoms with Crippen molar-refractivity contribution in [1.82, 2.24) is 0 Å². The molecule has 1 atom stereocenters. The highest BCUT2D eigenvalue weighted by Gasteiger charge is 2.48. The molecule has 1 aliphatic heterocycles. The van der Waals surface area contributed by atoms with Crippen LogP contribution in [0.4, 0.5) is 5.69 Å². The van der Waals surface area contributed by atoms with E-state index in [9.17, 15) is 19.5 Å². The number of ketones is 1.